The number of rotatable bonds is 2. The van der Waals surface area contributed by atoms with E-state index in [4.69, 9.17) is 5.73 Å². The van der Waals surface area contributed by atoms with E-state index in [-0.39, 0.29) is 6.04 Å². The average molecular weight is 202 g/mol. The lowest BCUT2D eigenvalue weighted by atomic mass is 10.1. The summed E-state index contributed by atoms with van der Waals surface area (Å²) in [7, 11) is 2.09. The van der Waals surface area contributed by atoms with Gasteiger partial charge in [-0.1, -0.05) is 11.6 Å². The van der Waals surface area contributed by atoms with Gasteiger partial charge < -0.3 is 10.3 Å². The Kier molecular flexibility index (Phi) is 2.53. The average Bonchev–Trinajstić information content (AvgIpc) is 2.42. The predicted octanol–water partition coefficient (Wildman–Crippen LogP) is 2.38. The molecule has 2 N–H and O–H groups in total. The van der Waals surface area contributed by atoms with Crippen LogP contribution in [0.25, 0.3) is 10.9 Å². The predicted molar refractivity (Wildman–Crippen MR) is 65.0 cm³/mol. The first-order chi connectivity index (χ1) is 7.08. The van der Waals surface area contributed by atoms with Gasteiger partial charge in [0.05, 0.1) is 0 Å². The van der Waals surface area contributed by atoms with Crippen molar-refractivity contribution in [2.45, 2.75) is 26.3 Å². The van der Waals surface area contributed by atoms with Crippen molar-refractivity contribution in [3.63, 3.8) is 0 Å². The van der Waals surface area contributed by atoms with Crippen LogP contribution in [0.4, 0.5) is 0 Å². The van der Waals surface area contributed by atoms with Crippen LogP contribution in [-0.2, 0) is 13.5 Å². The molecule has 0 radical (unpaired) electrons. The van der Waals surface area contributed by atoms with E-state index in [2.05, 4.69) is 49.9 Å². The molecule has 0 aliphatic heterocycles. The third-order valence-electron chi connectivity index (χ3n) is 2.77. The fraction of sp³-hybridized carbons (Fsp3) is 0.385. The Labute approximate surface area is 90.7 Å². The summed E-state index contributed by atoms with van der Waals surface area (Å²) in [5.41, 5.74) is 9.80. The second-order valence-electron chi connectivity index (χ2n) is 4.47. The van der Waals surface area contributed by atoms with Crippen LogP contribution < -0.4 is 5.73 Å². The quantitative estimate of drug-likeness (QED) is 0.796. The molecular formula is C13H18N2. The van der Waals surface area contributed by atoms with E-state index in [1.165, 1.54) is 22.0 Å². The summed E-state index contributed by atoms with van der Waals surface area (Å²) >= 11 is 0. The number of benzene rings is 1. The molecular weight excluding hydrogens is 184 g/mol. The highest BCUT2D eigenvalue weighted by molar-refractivity contribution is 5.84. The molecule has 0 aliphatic rings. The van der Waals surface area contributed by atoms with Gasteiger partial charge in [0.1, 0.15) is 0 Å². The van der Waals surface area contributed by atoms with Crippen molar-refractivity contribution in [3.8, 4) is 0 Å². The molecule has 1 heterocycles. The Bertz CT molecular complexity index is 480. The monoisotopic (exact) mass is 202 g/mol. The molecule has 0 fully saturated rings. The maximum atomic E-state index is 5.85. The molecule has 2 aromatic rings. The van der Waals surface area contributed by atoms with Gasteiger partial charge >= 0.3 is 0 Å². The number of hydrogen-bond acceptors (Lipinski definition) is 1. The topological polar surface area (TPSA) is 30.9 Å². The zero-order valence-corrected chi connectivity index (χ0v) is 9.62. The van der Waals surface area contributed by atoms with Gasteiger partial charge in [0.25, 0.3) is 0 Å². The van der Waals surface area contributed by atoms with Crippen LogP contribution in [0.1, 0.15) is 18.1 Å². The lowest BCUT2D eigenvalue weighted by Crippen LogP contribution is -2.17. The molecule has 2 rings (SSSR count). The normalized spacial score (nSPS) is 13.3. The largest absolute Gasteiger partial charge is 0.350 e. The number of aryl methyl sites for hydroxylation is 2. The molecule has 1 aromatic heterocycles. The van der Waals surface area contributed by atoms with Crippen molar-refractivity contribution in [3.05, 3.63) is 35.5 Å². The SMILES string of the molecule is Cc1ccc2c(c1)c(C[C@H](C)N)cn2C. The Hall–Kier alpha value is -1.28. The molecule has 2 nitrogen and oxygen atoms in total. The van der Waals surface area contributed by atoms with Gasteiger partial charge in [-0.05, 0) is 38.0 Å². The van der Waals surface area contributed by atoms with Gasteiger partial charge in [0.2, 0.25) is 0 Å². The maximum absolute atomic E-state index is 5.85. The van der Waals surface area contributed by atoms with Crippen LogP contribution in [0.3, 0.4) is 0 Å². The minimum absolute atomic E-state index is 0.219. The first-order valence-electron chi connectivity index (χ1n) is 5.38. The van der Waals surface area contributed by atoms with E-state index in [0.717, 1.165) is 6.42 Å². The van der Waals surface area contributed by atoms with Crippen molar-refractivity contribution < 1.29 is 0 Å². The Morgan fingerprint density at radius 2 is 2.13 bits per heavy atom. The van der Waals surface area contributed by atoms with Gasteiger partial charge in [-0.2, -0.15) is 0 Å². The van der Waals surface area contributed by atoms with Crippen molar-refractivity contribution in [1.29, 1.82) is 0 Å². The molecule has 2 heteroatoms. The van der Waals surface area contributed by atoms with Crippen molar-refractivity contribution in [2.75, 3.05) is 0 Å². The first-order valence-corrected chi connectivity index (χ1v) is 5.38. The molecule has 0 unspecified atom stereocenters. The number of hydrogen-bond donors (Lipinski definition) is 1. The highest BCUT2D eigenvalue weighted by Crippen LogP contribution is 2.22. The van der Waals surface area contributed by atoms with Crippen LogP contribution in [0, 0.1) is 6.92 Å². The Morgan fingerprint density at radius 3 is 2.80 bits per heavy atom. The molecule has 15 heavy (non-hydrogen) atoms. The molecule has 0 saturated heterocycles. The minimum Gasteiger partial charge on any atom is -0.350 e. The molecule has 0 saturated carbocycles. The standard InChI is InChI=1S/C13H18N2/c1-9-4-5-13-12(6-9)11(7-10(2)14)8-15(13)3/h4-6,8,10H,7,14H2,1-3H3/t10-/m0/s1. The summed E-state index contributed by atoms with van der Waals surface area (Å²) in [4.78, 5) is 0. The van der Waals surface area contributed by atoms with Gasteiger partial charge in [0.15, 0.2) is 0 Å². The van der Waals surface area contributed by atoms with E-state index in [1.54, 1.807) is 0 Å². The summed E-state index contributed by atoms with van der Waals surface area (Å²) in [6, 6.07) is 6.79. The van der Waals surface area contributed by atoms with Gasteiger partial charge in [-0.3, -0.25) is 0 Å². The maximum Gasteiger partial charge on any atom is 0.0480 e. The Morgan fingerprint density at radius 1 is 1.40 bits per heavy atom. The van der Waals surface area contributed by atoms with E-state index in [0.29, 0.717) is 0 Å². The van der Waals surface area contributed by atoms with Gasteiger partial charge in [-0.25, -0.2) is 0 Å². The van der Waals surface area contributed by atoms with Crippen LogP contribution in [-0.4, -0.2) is 10.6 Å². The molecule has 80 valence electrons. The molecule has 1 aromatic carbocycles. The zero-order valence-electron chi connectivity index (χ0n) is 9.62. The van der Waals surface area contributed by atoms with E-state index < -0.39 is 0 Å². The highest BCUT2D eigenvalue weighted by atomic mass is 14.9. The van der Waals surface area contributed by atoms with Gasteiger partial charge in [-0.15, -0.1) is 0 Å². The van der Waals surface area contributed by atoms with E-state index in [9.17, 15) is 0 Å². The lowest BCUT2D eigenvalue weighted by molar-refractivity contribution is 0.738. The summed E-state index contributed by atoms with van der Waals surface area (Å²) in [5, 5.41) is 1.34. The molecule has 0 amide bonds. The van der Waals surface area contributed by atoms with E-state index in [1.807, 2.05) is 0 Å². The van der Waals surface area contributed by atoms with Crippen LogP contribution in [0.5, 0.6) is 0 Å². The van der Waals surface area contributed by atoms with Crippen molar-refractivity contribution in [2.24, 2.45) is 12.8 Å². The molecule has 1 atom stereocenters. The highest BCUT2D eigenvalue weighted by Gasteiger charge is 2.07. The minimum atomic E-state index is 0.219. The summed E-state index contributed by atoms with van der Waals surface area (Å²) in [6.45, 7) is 4.18. The van der Waals surface area contributed by atoms with Crippen LogP contribution in [0.2, 0.25) is 0 Å². The number of aromatic nitrogens is 1. The van der Waals surface area contributed by atoms with Crippen molar-refractivity contribution >= 4 is 10.9 Å². The lowest BCUT2D eigenvalue weighted by Gasteiger charge is -2.03. The fourth-order valence-electron chi connectivity index (χ4n) is 2.10. The zero-order chi connectivity index (χ0) is 11.0. The third-order valence-corrected chi connectivity index (χ3v) is 2.77. The smallest absolute Gasteiger partial charge is 0.0480 e. The van der Waals surface area contributed by atoms with E-state index >= 15 is 0 Å². The molecule has 0 aliphatic carbocycles. The first kappa shape index (κ1) is 10.2. The van der Waals surface area contributed by atoms with Crippen LogP contribution >= 0.6 is 0 Å². The summed E-state index contributed by atoms with van der Waals surface area (Å²) in [6.07, 6.45) is 3.13. The third kappa shape index (κ3) is 1.90. The summed E-state index contributed by atoms with van der Waals surface area (Å²) in [5.74, 6) is 0. The van der Waals surface area contributed by atoms with Crippen LogP contribution in [0.15, 0.2) is 24.4 Å². The second-order valence-corrected chi connectivity index (χ2v) is 4.47. The molecule has 0 spiro atoms. The van der Waals surface area contributed by atoms with Crippen molar-refractivity contribution in [1.82, 2.24) is 4.57 Å². The Balaban J connectivity index is 2.59. The second kappa shape index (κ2) is 3.70. The summed E-state index contributed by atoms with van der Waals surface area (Å²) < 4.78 is 2.17. The fourth-order valence-corrected chi connectivity index (χ4v) is 2.10. The number of nitrogens with two attached hydrogens (primary N) is 1. The van der Waals surface area contributed by atoms with Gasteiger partial charge in [0, 0.05) is 30.2 Å². The number of fused-ring (bicyclic) bond motifs is 1. The number of nitrogens with zero attached hydrogens (tertiary/aromatic N) is 1. The molecule has 0 bridgehead atoms.